The van der Waals surface area contributed by atoms with E-state index < -0.39 is 0 Å². The van der Waals surface area contributed by atoms with Gasteiger partial charge in [0.1, 0.15) is 0 Å². The SMILES string of the molecule is Cl.N[C@@H](c1ccc(O)c(O)c1)C1CCCC1. The molecule has 0 unspecified atom stereocenters. The van der Waals surface area contributed by atoms with E-state index in [1.54, 1.807) is 12.1 Å². The van der Waals surface area contributed by atoms with E-state index in [0.717, 1.165) is 5.56 Å². The van der Waals surface area contributed by atoms with E-state index in [2.05, 4.69) is 0 Å². The van der Waals surface area contributed by atoms with Crippen LogP contribution in [0.15, 0.2) is 18.2 Å². The number of hydrogen-bond donors (Lipinski definition) is 3. The Bertz CT molecular complexity index is 351. The monoisotopic (exact) mass is 243 g/mol. The molecule has 0 spiro atoms. The van der Waals surface area contributed by atoms with E-state index >= 15 is 0 Å². The number of phenolic OH excluding ortho intramolecular Hbond substituents is 2. The number of aromatic hydroxyl groups is 2. The average molecular weight is 244 g/mol. The van der Waals surface area contributed by atoms with Crippen LogP contribution in [0.5, 0.6) is 11.5 Å². The molecule has 16 heavy (non-hydrogen) atoms. The average Bonchev–Trinajstić information content (AvgIpc) is 2.74. The molecule has 1 atom stereocenters. The molecule has 3 nitrogen and oxygen atoms in total. The van der Waals surface area contributed by atoms with E-state index in [1.165, 1.54) is 31.7 Å². The van der Waals surface area contributed by atoms with E-state index in [1.807, 2.05) is 0 Å². The minimum Gasteiger partial charge on any atom is -0.504 e. The predicted molar refractivity (Wildman–Crippen MR) is 65.9 cm³/mol. The van der Waals surface area contributed by atoms with Crippen molar-refractivity contribution >= 4 is 12.4 Å². The molecule has 0 aromatic heterocycles. The summed E-state index contributed by atoms with van der Waals surface area (Å²) in [6.45, 7) is 0. The Balaban J connectivity index is 0.00000128. The molecule has 1 saturated carbocycles. The Morgan fingerprint density at radius 2 is 1.75 bits per heavy atom. The van der Waals surface area contributed by atoms with Crippen molar-refractivity contribution in [3.63, 3.8) is 0 Å². The second-order valence-corrected chi connectivity index (χ2v) is 4.32. The number of hydrogen-bond acceptors (Lipinski definition) is 3. The van der Waals surface area contributed by atoms with Gasteiger partial charge in [-0.1, -0.05) is 18.9 Å². The van der Waals surface area contributed by atoms with Crippen molar-refractivity contribution in [3.05, 3.63) is 23.8 Å². The van der Waals surface area contributed by atoms with Crippen LogP contribution < -0.4 is 5.73 Å². The molecule has 4 heteroatoms. The highest BCUT2D eigenvalue weighted by molar-refractivity contribution is 5.85. The second-order valence-electron chi connectivity index (χ2n) is 4.32. The maximum Gasteiger partial charge on any atom is 0.157 e. The molecule has 0 saturated heterocycles. The lowest BCUT2D eigenvalue weighted by Crippen LogP contribution is -2.18. The third-order valence-electron chi connectivity index (χ3n) is 3.29. The van der Waals surface area contributed by atoms with Gasteiger partial charge in [0.25, 0.3) is 0 Å². The van der Waals surface area contributed by atoms with Crippen molar-refractivity contribution in [1.29, 1.82) is 0 Å². The maximum atomic E-state index is 9.39. The van der Waals surface area contributed by atoms with Gasteiger partial charge in [-0.15, -0.1) is 12.4 Å². The zero-order valence-electron chi connectivity index (χ0n) is 9.10. The van der Waals surface area contributed by atoms with Crippen LogP contribution in [0.1, 0.15) is 37.3 Å². The van der Waals surface area contributed by atoms with Gasteiger partial charge < -0.3 is 15.9 Å². The Labute approximate surface area is 102 Å². The predicted octanol–water partition coefficient (Wildman–Crippen LogP) is 2.71. The minimum atomic E-state index is -0.0858. The van der Waals surface area contributed by atoms with Crippen LogP contribution >= 0.6 is 12.4 Å². The standard InChI is InChI=1S/C12H17NO2.ClH/c13-12(8-3-1-2-4-8)9-5-6-10(14)11(15)7-9;/h5-8,12,14-15H,1-4,13H2;1H/t12-;/m1./s1. The highest BCUT2D eigenvalue weighted by Crippen LogP contribution is 2.36. The minimum absolute atomic E-state index is 0. The fourth-order valence-electron chi connectivity index (χ4n) is 2.34. The van der Waals surface area contributed by atoms with Gasteiger partial charge in [-0.25, -0.2) is 0 Å². The summed E-state index contributed by atoms with van der Waals surface area (Å²) in [5, 5.41) is 18.6. The summed E-state index contributed by atoms with van der Waals surface area (Å²) < 4.78 is 0. The van der Waals surface area contributed by atoms with Crippen LogP contribution in [-0.4, -0.2) is 10.2 Å². The first-order valence-electron chi connectivity index (χ1n) is 5.46. The van der Waals surface area contributed by atoms with E-state index in [-0.39, 0.29) is 29.9 Å². The molecule has 0 radical (unpaired) electrons. The van der Waals surface area contributed by atoms with Gasteiger partial charge in [0, 0.05) is 6.04 Å². The van der Waals surface area contributed by atoms with Crippen molar-refractivity contribution in [2.24, 2.45) is 11.7 Å². The van der Waals surface area contributed by atoms with Crippen LogP contribution in [0.4, 0.5) is 0 Å². The van der Waals surface area contributed by atoms with Crippen molar-refractivity contribution in [3.8, 4) is 11.5 Å². The Morgan fingerprint density at radius 3 is 2.31 bits per heavy atom. The van der Waals surface area contributed by atoms with Crippen LogP contribution in [0.25, 0.3) is 0 Å². The molecule has 2 rings (SSSR count). The first kappa shape index (κ1) is 13.1. The fraction of sp³-hybridized carbons (Fsp3) is 0.500. The summed E-state index contributed by atoms with van der Waals surface area (Å²) in [5.74, 6) is 0.354. The molecule has 0 bridgehead atoms. The van der Waals surface area contributed by atoms with E-state index in [4.69, 9.17) is 5.73 Å². The summed E-state index contributed by atoms with van der Waals surface area (Å²) in [7, 11) is 0. The van der Waals surface area contributed by atoms with Gasteiger partial charge in [-0.3, -0.25) is 0 Å². The van der Waals surface area contributed by atoms with Crippen molar-refractivity contribution in [2.45, 2.75) is 31.7 Å². The topological polar surface area (TPSA) is 66.5 Å². The molecule has 1 fully saturated rings. The lowest BCUT2D eigenvalue weighted by Gasteiger charge is -2.19. The summed E-state index contributed by atoms with van der Waals surface area (Å²) in [5.41, 5.74) is 7.04. The van der Waals surface area contributed by atoms with Gasteiger partial charge >= 0.3 is 0 Å². The normalized spacial score (nSPS) is 18.1. The van der Waals surface area contributed by atoms with Crippen LogP contribution in [0.2, 0.25) is 0 Å². The van der Waals surface area contributed by atoms with Crippen LogP contribution in [0.3, 0.4) is 0 Å². The highest BCUT2D eigenvalue weighted by atomic mass is 35.5. The van der Waals surface area contributed by atoms with Gasteiger partial charge in [0.15, 0.2) is 11.5 Å². The third kappa shape index (κ3) is 2.60. The summed E-state index contributed by atoms with van der Waals surface area (Å²) in [4.78, 5) is 0. The van der Waals surface area contributed by atoms with Gasteiger partial charge in [0.2, 0.25) is 0 Å². The zero-order chi connectivity index (χ0) is 10.8. The largest absolute Gasteiger partial charge is 0.504 e. The Morgan fingerprint density at radius 1 is 1.12 bits per heavy atom. The summed E-state index contributed by atoms with van der Waals surface area (Å²) >= 11 is 0. The molecule has 1 aliphatic rings. The van der Waals surface area contributed by atoms with Gasteiger partial charge in [0.05, 0.1) is 0 Å². The lowest BCUT2D eigenvalue weighted by molar-refractivity contribution is 0.398. The molecule has 4 N–H and O–H groups in total. The van der Waals surface area contributed by atoms with Gasteiger partial charge in [-0.05, 0) is 36.5 Å². The molecule has 0 heterocycles. The lowest BCUT2D eigenvalue weighted by atomic mass is 9.92. The molecular formula is C12H18ClNO2. The van der Waals surface area contributed by atoms with Crippen molar-refractivity contribution < 1.29 is 10.2 Å². The first-order chi connectivity index (χ1) is 7.18. The van der Waals surface area contributed by atoms with Crippen LogP contribution in [0, 0.1) is 5.92 Å². The molecule has 0 aliphatic heterocycles. The number of benzene rings is 1. The molecule has 1 aromatic rings. The number of nitrogens with two attached hydrogens (primary N) is 1. The third-order valence-corrected chi connectivity index (χ3v) is 3.29. The quantitative estimate of drug-likeness (QED) is 0.700. The maximum absolute atomic E-state index is 9.39. The van der Waals surface area contributed by atoms with E-state index in [9.17, 15) is 10.2 Å². The van der Waals surface area contributed by atoms with Crippen LogP contribution in [-0.2, 0) is 0 Å². The summed E-state index contributed by atoms with van der Waals surface area (Å²) in [6, 6.07) is 4.84. The first-order valence-corrected chi connectivity index (χ1v) is 5.46. The number of phenols is 2. The molecule has 0 amide bonds. The fourth-order valence-corrected chi connectivity index (χ4v) is 2.34. The molecular weight excluding hydrogens is 226 g/mol. The van der Waals surface area contributed by atoms with Crippen molar-refractivity contribution in [2.75, 3.05) is 0 Å². The Hall–Kier alpha value is -0.930. The summed E-state index contributed by atoms with van der Waals surface area (Å²) in [6.07, 6.45) is 4.84. The smallest absolute Gasteiger partial charge is 0.157 e. The molecule has 1 aromatic carbocycles. The molecule has 90 valence electrons. The second kappa shape index (κ2) is 5.41. The highest BCUT2D eigenvalue weighted by Gasteiger charge is 2.23. The van der Waals surface area contributed by atoms with E-state index in [0.29, 0.717) is 5.92 Å². The van der Waals surface area contributed by atoms with Gasteiger partial charge in [-0.2, -0.15) is 0 Å². The molecule has 1 aliphatic carbocycles. The van der Waals surface area contributed by atoms with Crippen molar-refractivity contribution in [1.82, 2.24) is 0 Å². The number of rotatable bonds is 2. The zero-order valence-corrected chi connectivity index (χ0v) is 9.91. The number of halogens is 1. The Kier molecular flexibility index (Phi) is 4.44.